The molecule has 1 heterocycles. The van der Waals surface area contributed by atoms with Crippen LogP contribution in [0.25, 0.3) is 21.9 Å². The number of aromatic carboxylic acids is 1. The summed E-state index contributed by atoms with van der Waals surface area (Å²) < 4.78 is 11.4. The number of fused-ring (bicyclic) bond motifs is 3. The number of hydrogen-bond acceptors (Lipinski definition) is 4. The average molecular weight is 452 g/mol. The van der Waals surface area contributed by atoms with Crippen molar-refractivity contribution in [2.45, 2.75) is 66.0 Å². The zero-order chi connectivity index (χ0) is 23.9. The number of benzene rings is 2. The molecule has 1 aromatic heterocycles. The highest BCUT2D eigenvalue weighted by atomic mass is 16.5. The summed E-state index contributed by atoms with van der Waals surface area (Å²) in [6.45, 7) is 8.57. The SMILES string of the molecule is COCc1cc2c(cc1C)oc1cc(C(=O)O)c(N(C(=O)[C@H]3CC[C@H](C)CC3)C(C)C)cc12. The van der Waals surface area contributed by atoms with E-state index < -0.39 is 5.97 Å². The summed E-state index contributed by atoms with van der Waals surface area (Å²) in [5, 5.41) is 11.7. The first-order valence-corrected chi connectivity index (χ1v) is 11.8. The number of carboxylic acids is 1. The van der Waals surface area contributed by atoms with Crippen molar-refractivity contribution in [2.75, 3.05) is 12.0 Å². The zero-order valence-corrected chi connectivity index (χ0v) is 20.1. The van der Waals surface area contributed by atoms with Crippen LogP contribution in [0.15, 0.2) is 28.7 Å². The van der Waals surface area contributed by atoms with Crippen LogP contribution < -0.4 is 4.90 Å². The Morgan fingerprint density at radius 2 is 1.73 bits per heavy atom. The van der Waals surface area contributed by atoms with Gasteiger partial charge in [0.15, 0.2) is 0 Å². The van der Waals surface area contributed by atoms with Gasteiger partial charge in [0.1, 0.15) is 11.2 Å². The van der Waals surface area contributed by atoms with Crippen molar-refractivity contribution in [1.82, 2.24) is 0 Å². The van der Waals surface area contributed by atoms with Crippen LogP contribution in [0.5, 0.6) is 0 Å². The molecule has 0 aliphatic heterocycles. The molecule has 4 rings (SSSR count). The Hall–Kier alpha value is -2.86. The van der Waals surface area contributed by atoms with E-state index in [0.29, 0.717) is 29.4 Å². The molecule has 0 unspecified atom stereocenters. The Morgan fingerprint density at radius 3 is 2.33 bits per heavy atom. The molecule has 0 saturated heterocycles. The monoisotopic (exact) mass is 451 g/mol. The molecule has 176 valence electrons. The number of rotatable bonds is 6. The van der Waals surface area contributed by atoms with E-state index in [-0.39, 0.29) is 23.4 Å². The Kier molecular flexibility index (Phi) is 6.48. The van der Waals surface area contributed by atoms with Gasteiger partial charge < -0.3 is 19.2 Å². The second kappa shape index (κ2) is 9.18. The maximum atomic E-state index is 13.6. The lowest BCUT2D eigenvalue weighted by Crippen LogP contribution is -2.42. The Bertz CT molecular complexity index is 1200. The van der Waals surface area contributed by atoms with Crippen LogP contribution in [0.3, 0.4) is 0 Å². The van der Waals surface area contributed by atoms with Gasteiger partial charge in [-0.1, -0.05) is 6.92 Å². The summed E-state index contributed by atoms with van der Waals surface area (Å²) in [7, 11) is 1.66. The number of hydrogen-bond donors (Lipinski definition) is 1. The first-order valence-electron chi connectivity index (χ1n) is 11.8. The van der Waals surface area contributed by atoms with Crippen molar-refractivity contribution in [3.05, 3.63) is 41.0 Å². The highest BCUT2D eigenvalue weighted by Crippen LogP contribution is 2.38. The molecular weight excluding hydrogens is 418 g/mol. The predicted octanol–water partition coefficient (Wildman–Crippen LogP) is 6.31. The van der Waals surface area contributed by atoms with E-state index in [0.717, 1.165) is 47.6 Å². The number of carboxylic acid groups (broad SMARTS) is 1. The molecule has 1 saturated carbocycles. The standard InChI is InChI=1S/C27H33NO5/c1-15(2)28(26(29)18-8-6-16(3)7-9-18)23-12-21-20-11-19(14-32-5)17(4)10-24(20)33-25(21)13-22(23)27(30)31/h10-13,15-16,18H,6-9,14H2,1-5H3,(H,30,31)/t16-,18-. The van der Waals surface area contributed by atoms with Crippen LogP contribution in [0.2, 0.25) is 0 Å². The second-order valence-corrected chi connectivity index (χ2v) is 9.74. The molecule has 0 atom stereocenters. The lowest BCUT2D eigenvalue weighted by atomic mass is 9.82. The highest BCUT2D eigenvalue weighted by molar-refractivity contribution is 6.12. The van der Waals surface area contributed by atoms with E-state index in [1.165, 1.54) is 0 Å². The van der Waals surface area contributed by atoms with E-state index in [9.17, 15) is 14.7 Å². The van der Waals surface area contributed by atoms with Gasteiger partial charge in [0.25, 0.3) is 0 Å². The molecule has 0 radical (unpaired) electrons. The minimum Gasteiger partial charge on any atom is -0.478 e. The van der Waals surface area contributed by atoms with E-state index in [1.807, 2.05) is 39.0 Å². The molecule has 1 N–H and O–H groups in total. The number of ether oxygens (including phenoxy) is 1. The maximum Gasteiger partial charge on any atom is 0.337 e. The number of methoxy groups -OCH3 is 1. The smallest absolute Gasteiger partial charge is 0.337 e. The molecule has 1 fully saturated rings. The molecule has 6 nitrogen and oxygen atoms in total. The molecular formula is C27H33NO5. The third kappa shape index (κ3) is 4.36. The van der Waals surface area contributed by atoms with Gasteiger partial charge in [-0.15, -0.1) is 0 Å². The van der Waals surface area contributed by atoms with Gasteiger partial charge in [-0.25, -0.2) is 4.79 Å². The predicted molar refractivity (Wildman–Crippen MR) is 130 cm³/mol. The van der Waals surface area contributed by atoms with Gasteiger partial charge >= 0.3 is 5.97 Å². The fourth-order valence-electron chi connectivity index (χ4n) is 5.04. The molecule has 3 aromatic rings. The normalized spacial score (nSPS) is 18.8. The van der Waals surface area contributed by atoms with Crippen molar-refractivity contribution in [3.63, 3.8) is 0 Å². The summed E-state index contributed by atoms with van der Waals surface area (Å²) in [4.78, 5) is 27.6. The summed E-state index contributed by atoms with van der Waals surface area (Å²) >= 11 is 0. The van der Waals surface area contributed by atoms with Crippen molar-refractivity contribution in [1.29, 1.82) is 0 Å². The zero-order valence-electron chi connectivity index (χ0n) is 20.1. The van der Waals surface area contributed by atoms with Crippen molar-refractivity contribution >= 4 is 39.5 Å². The molecule has 0 spiro atoms. The Labute approximate surface area is 194 Å². The van der Waals surface area contributed by atoms with Crippen LogP contribution in [-0.2, 0) is 16.1 Å². The van der Waals surface area contributed by atoms with Crippen LogP contribution in [0.1, 0.15) is 67.9 Å². The lowest BCUT2D eigenvalue weighted by molar-refractivity contribution is -0.123. The van der Waals surface area contributed by atoms with Gasteiger partial charge in [0, 0.05) is 29.8 Å². The highest BCUT2D eigenvalue weighted by Gasteiger charge is 2.33. The van der Waals surface area contributed by atoms with Gasteiger partial charge in [0.05, 0.1) is 17.9 Å². The number of anilines is 1. The number of aryl methyl sites for hydroxylation is 1. The Balaban J connectivity index is 1.88. The largest absolute Gasteiger partial charge is 0.478 e. The van der Waals surface area contributed by atoms with E-state index >= 15 is 0 Å². The quantitative estimate of drug-likeness (QED) is 0.475. The van der Waals surface area contributed by atoms with Gasteiger partial charge in [-0.2, -0.15) is 0 Å². The maximum absolute atomic E-state index is 13.6. The summed E-state index contributed by atoms with van der Waals surface area (Å²) in [5.74, 6) is -0.491. The van der Waals surface area contributed by atoms with Crippen molar-refractivity contribution in [3.8, 4) is 0 Å². The third-order valence-electron chi connectivity index (χ3n) is 6.95. The summed E-state index contributed by atoms with van der Waals surface area (Å²) in [6.07, 6.45) is 3.76. The minimum atomic E-state index is -1.07. The van der Waals surface area contributed by atoms with Gasteiger partial charge in [-0.3, -0.25) is 4.79 Å². The number of nitrogens with zero attached hydrogens (tertiary/aromatic N) is 1. The van der Waals surface area contributed by atoms with Crippen molar-refractivity contribution in [2.24, 2.45) is 11.8 Å². The van der Waals surface area contributed by atoms with Gasteiger partial charge in [-0.05, 0) is 87.8 Å². The number of furan rings is 1. The van der Waals surface area contributed by atoms with Crippen LogP contribution >= 0.6 is 0 Å². The Morgan fingerprint density at radius 1 is 1.09 bits per heavy atom. The fourth-order valence-corrected chi connectivity index (χ4v) is 5.04. The topological polar surface area (TPSA) is 80.0 Å². The minimum absolute atomic E-state index is 0.0162. The van der Waals surface area contributed by atoms with Crippen LogP contribution in [0, 0.1) is 18.8 Å². The average Bonchev–Trinajstić information content (AvgIpc) is 3.10. The van der Waals surface area contributed by atoms with Crippen LogP contribution in [0.4, 0.5) is 5.69 Å². The van der Waals surface area contributed by atoms with Crippen molar-refractivity contribution < 1.29 is 23.8 Å². The molecule has 1 aliphatic carbocycles. The molecule has 33 heavy (non-hydrogen) atoms. The molecule has 2 aromatic carbocycles. The molecule has 1 aliphatic rings. The molecule has 1 amide bonds. The summed E-state index contributed by atoms with van der Waals surface area (Å²) in [6, 6.07) is 7.20. The fraction of sp³-hybridized carbons (Fsp3) is 0.481. The molecule has 6 heteroatoms. The first-order chi connectivity index (χ1) is 15.7. The van der Waals surface area contributed by atoms with E-state index in [4.69, 9.17) is 9.15 Å². The number of carbonyl (C=O) groups is 2. The van der Waals surface area contributed by atoms with E-state index in [2.05, 4.69) is 6.92 Å². The third-order valence-corrected chi connectivity index (χ3v) is 6.95. The van der Waals surface area contributed by atoms with E-state index in [1.54, 1.807) is 18.1 Å². The first kappa shape index (κ1) is 23.3. The van der Waals surface area contributed by atoms with Gasteiger partial charge in [0.2, 0.25) is 5.91 Å². The summed E-state index contributed by atoms with van der Waals surface area (Å²) in [5.41, 5.74) is 3.81. The number of amides is 1. The number of carbonyl (C=O) groups excluding carboxylic acids is 1. The lowest BCUT2D eigenvalue weighted by Gasteiger charge is -2.34. The van der Waals surface area contributed by atoms with Crippen LogP contribution in [-0.4, -0.2) is 30.1 Å². The molecule has 0 bridgehead atoms. The second-order valence-electron chi connectivity index (χ2n) is 9.74.